The SMILES string of the molecule is O=C(NC1CC1)C(c1ccc(F)cc1)N1CC[C@H](O)C1. The highest BCUT2D eigenvalue weighted by molar-refractivity contribution is 5.83. The van der Waals surface area contributed by atoms with Gasteiger partial charge in [0.05, 0.1) is 6.10 Å². The van der Waals surface area contributed by atoms with Crippen LogP contribution >= 0.6 is 0 Å². The maximum Gasteiger partial charge on any atom is 0.242 e. The molecule has 0 radical (unpaired) electrons. The lowest BCUT2D eigenvalue weighted by atomic mass is 10.0. The van der Waals surface area contributed by atoms with Crippen molar-refractivity contribution in [2.45, 2.75) is 37.5 Å². The molecule has 3 rings (SSSR count). The van der Waals surface area contributed by atoms with Crippen LogP contribution in [0.4, 0.5) is 4.39 Å². The summed E-state index contributed by atoms with van der Waals surface area (Å²) in [5.74, 6) is -0.357. The molecule has 1 aliphatic heterocycles. The molecule has 1 heterocycles. The molecule has 1 aromatic rings. The minimum absolute atomic E-state index is 0.0480. The number of carbonyl (C=O) groups excluding carboxylic acids is 1. The zero-order valence-electron chi connectivity index (χ0n) is 11.3. The Morgan fingerprint density at radius 2 is 2.00 bits per heavy atom. The predicted octanol–water partition coefficient (Wildman–Crippen LogP) is 1.21. The van der Waals surface area contributed by atoms with E-state index in [0.717, 1.165) is 18.4 Å². The van der Waals surface area contributed by atoms with E-state index in [2.05, 4.69) is 5.32 Å². The molecule has 1 saturated carbocycles. The van der Waals surface area contributed by atoms with Gasteiger partial charge in [-0.1, -0.05) is 12.1 Å². The quantitative estimate of drug-likeness (QED) is 0.870. The highest BCUT2D eigenvalue weighted by Crippen LogP contribution is 2.28. The highest BCUT2D eigenvalue weighted by Gasteiger charge is 2.35. The van der Waals surface area contributed by atoms with Gasteiger partial charge in [0.2, 0.25) is 5.91 Å². The zero-order valence-corrected chi connectivity index (χ0v) is 11.3. The summed E-state index contributed by atoms with van der Waals surface area (Å²) in [5.41, 5.74) is 0.777. The molecule has 108 valence electrons. The lowest BCUT2D eigenvalue weighted by Gasteiger charge is -2.27. The number of hydrogen-bond donors (Lipinski definition) is 2. The number of carbonyl (C=O) groups is 1. The van der Waals surface area contributed by atoms with Crippen molar-refractivity contribution in [3.05, 3.63) is 35.6 Å². The number of nitrogens with zero attached hydrogens (tertiary/aromatic N) is 1. The molecule has 0 spiro atoms. The summed E-state index contributed by atoms with van der Waals surface area (Å²) in [6.45, 7) is 1.17. The van der Waals surface area contributed by atoms with Gasteiger partial charge < -0.3 is 10.4 Å². The summed E-state index contributed by atoms with van der Waals surface area (Å²) in [6.07, 6.45) is 2.36. The number of likely N-dealkylation sites (tertiary alicyclic amines) is 1. The standard InChI is InChI=1S/C15H19FN2O2/c16-11-3-1-10(2-4-11)14(15(20)17-12-5-6-12)18-8-7-13(19)9-18/h1-4,12-14,19H,5-9H2,(H,17,20)/t13-,14?/m0/s1. The number of aliphatic hydroxyl groups is 1. The van der Waals surface area contributed by atoms with Gasteiger partial charge in [0.15, 0.2) is 0 Å². The molecule has 2 aliphatic rings. The lowest BCUT2D eigenvalue weighted by Crippen LogP contribution is -2.40. The molecule has 0 aromatic heterocycles. The van der Waals surface area contributed by atoms with Crippen LogP contribution in [-0.2, 0) is 4.79 Å². The Kier molecular flexibility index (Phi) is 3.72. The molecule has 20 heavy (non-hydrogen) atoms. The first-order valence-corrected chi connectivity index (χ1v) is 7.11. The van der Waals surface area contributed by atoms with E-state index in [9.17, 15) is 14.3 Å². The van der Waals surface area contributed by atoms with Crippen LogP contribution < -0.4 is 5.32 Å². The maximum absolute atomic E-state index is 13.1. The van der Waals surface area contributed by atoms with Crippen molar-refractivity contribution in [3.63, 3.8) is 0 Å². The Labute approximate surface area is 117 Å². The first-order valence-electron chi connectivity index (χ1n) is 7.11. The molecule has 1 aliphatic carbocycles. The van der Waals surface area contributed by atoms with Gasteiger partial charge in [0.25, 0.3) is 0 Å². The van der Waals surface area contributed by atoms with Crippen LogP contribution in [0.5, 0.6) is 0 Å². The Balaban J connectivity index is 1.81. The fraction of sp³-hybridized carbons (Fsp3) is 0.533. The second-order valence-corrected chi connectivity index (χ2v) is 5.67. The van der Waals surface area contributed by atoms with E-state index in [0.29, 0.717) is 19.5 Å². The van der Waals surface area contributed by atoms with Gasteiger partial charge in [-0.25, -0.2) is 4.39 Å². The Hall–Kier alpha value is -1.46. The van der Waals surface area contributed by atoms with Crippen molar-refractivity contribution in [3.8, 4) is 0 Å². The van der Waals surface area contributed by atoms with Crippen LogP contribution in [0, 0.1) is 5.82 Å². The number of rotatable bonds is 4. The van der Waals surface area contributed by atoms with Crippen LogP contribution in [0.15, 0.2) is 24.3 Å². The van der Waals surface area contributed by atoms with E-state index >= 15 is 0 Å². The Morgan fingerprint density at radius 1 is 1.30 bits per heavy atom. The Morgan fingerprint density at radius 3 is 2.55 bits per heavy atom. The summed E-state index contributed by atoms with van der Waals surface area (Å²) in [5, 5.41) is 12.7. The molecule has 1 unspecified atom stereocenters. The number of halogens is 1. The van der Waals surface area contributed by atoms with E-state index in [4.69, 9.17) is 0 Å². The number of aliphatic hydroxyl groups excluding tert-OH is 1. The van der Waals surface area contributed by atoms with Crippen LogP contribution in [0.1, 0.15) is 30.9 Å². The van der Waals surface area contributed by atoms with Crippen molar-refractivity contribution in [2.24, 2.45) is 0 Å². The molecular weight excluding hydrogens is 259 g/mol. The third kappa shape index (κ3) is 2.99. The third-order valence-corrected chi connectivity index (χ3v) is 3.92. The van der Waals surface area contributed by atoms with Crippen molar-refractivity contribution in [2.75, 3.05) is 13.1 Å². The molecule has 5 heteroatoms. The van der Waals surface area contributed by atoms with Gasteiger partial charge in [-0.3, -0.25) is 9.69 Å². The van der Waals surface area contributed by atoms with Gasteiger partial charge in [0, 0.05) is 19.1 Å². The summed E-state index contributed by atoms with van der Waals surface area (Å²) < 4.78 is 13.1. The minimum Gasteiger partial charge on any atom is -0.392 e. The number of nitrogens with one attached hydrogen (secondary N) is 1. The summed E-state index contributed by atoms with van der Waals surface area (Å²) in [7, 11) is 0. The van der Waals surface area contributed by atoms with Crippen molar-refractivity contribution in [1.82, 2.24) is 10.2 Å². The van der Waals surface area contributed by atoms with E-state index in [1.807, 2.05) is 4.90 Å². The summed E-state index contributed by atoms with van der Waals surface area (Å²) in [4.78, 5) is 14.4. The molecule has 4 nitrogen and oxygen atoms in total. The fourth-order valence-corrected chi connectivity index (χ4v) is 2.68. The molecule has 1 saturated heterocycles. The number of benzene rings is 1. The minimum atomic E-state index is -0.437. The molecule has 0 bridgehead atoms. The maximum atomic E-state index is 13.1. The summed E-state index contributed by atoms with van der Waals surface area (Å²) >= 11 is 0. The van der Waals surface area contributed by atoms with Crippen LogP contribution in [-0.4, -0.2) is 41.1 Å². The average Bonchev–Trinajstić information content (AvgIpc) is 3.13. The molecule has 2 N–H and O–H groups in total. The Bertz CT molecular complexity index is 487. The topological polar surface area (TPSA) is 52.6 Å². The number of amides is 1. The van der Waals surface area contributed by atoms with Gasteiger partial charge in [-0.15, -0.1) is 0 Å². The first kappa shape index (κ1) is 13.5. The molecule has 2 atom stereocenters. The lowest BCUT2D eigenvalue weighted by molar-refractivity contribution is -0.126. The molecule has 2 fully saturated rings. The van der Waals surface area contributed by atoms with E-state index in [1.165, 1.54) is 12.1 Å². The van der Waals surface area contributed by atoms with Gasteiger partial charge in [0.1, 0.15) is 11.9 Å². The second kappa shape index (κ2) is 5.50. The molecule has 1 amide bonds. The fourth-order valence-electron chi connectivity index (χ4n) is 2.68. The molecular formula is C15H19FN2O2. The predicted molar refractivity (Wildman–Crippen MR) is 72.5 cm³/mol. The van der Waals surface area contributed by atoms with E-state index in [1.54, 1.807) is 12.1 Å². The highest BCUT2D eigenvalue weighted by atomic mass is 19.1. The van der Waals surface area contributed by atoms with Crippen molar-refractivity contribution >= 4 is 5.91 Å². The van der Waals surface area contributed by atoms with Crippen LogP contribution in [0.2, 0.25) is 0 Å². The van der Waals surface area contributed by atoms with Crippen LogP contribution in [0.25, 0.3) is 0 Å². The third-order valence-electron chi connectivity index (χ3n) is 3.92. The van der Waals surface area contributed by atoms with Crippen LogP contribution in [0.3, 0.4) is 0 Å². The van der Waals surface area contributed by atoms with Gasteiger partial charge in [-0.2, -0.15) is 0 Å². The zero-order chi connectivity index (χ0) is 14.1. The van der Waals surface area contributed by atoms with Gasteiger partial charge >= 0.3 is 0 Å². The van der Waals surface area contributed by atoms with Gasteiger partial charge in [-0.05, 0) is 37.0 Å². The normalized spacial score (nSPS) is 24.6. The van der Waals surface area contributed by atoms with Crippen molar-refractivity contribution in [1.29, 1.82) is 0 Å². The largest absolute Gasteiger partial charge is 0.392 e. The molecule has 1 aromatic carbocycles. The van der Waals surface area contributed by atoms with E-state index in [-0.39, 0.29) is 23.9 Å². The monoisotopic (exact) mass is 278 g/mol. The van der Waals surface area contributed by atoms with E-state index < -0.39 is 6.04 Å². The second-order valence-electron chi connectivity index (χ2n) is 5.67. The first-order chi connectivity index (χ1) is 9.63. The smallest absolute Gasteiger partial charge is 0.242 e. The number of β-amino-alcohol motifs (C(OH)–C–C–N with tert-alkyl or cyclic N) is 1. The van der Waals surface area contributed by atoms with Crippen molar-refractivity contribution < 1.29 is 14.3 Å². The average molecular weight is 278 g/mol. The summed E-state index contributed by atoms with van der Waals surface area (Å²) in [6, 6.07) is 5.90. The number of hydrogen-bond acceptors (Lipinski definition) is 3.